The van der Waals surface area contributed by atoms with Crippen LogP contribution in [0.15, 0.2) is 41.4 Å². The summed E-state index contributed by atoms with van der Waals surface area (Å²) in [7, 11) is 1.55. The number of fused-ring (bicyclic) bond motifs is 7. The third kappa shape index (κ3) is 2.57. The van der Waals surface area contributed by atoms with Crippen LogP contribution in [0.25, 0.3) is 11.3 Å². The standard InChI is InChI=1S/C22H22ClN3O2/c1-13-15-5-3-4-6-20(15)26-22(16-8-7-14(23)9-17(13)16)18-10-25(11-19(18)24-26)21(27)12-28-2/h3-8,13,17H,9-12H2,1-2H3. The van der Waals surface area contributed by atoms with Crippen molar-refractivity contribution >= 4 is 23.1 Å². The summed E-state index contributed by atoms with van der Waals surface area (Å²) < 4.78 is 7.12. The Balaban J connectivity index is 1.68. The van der Waals surface area contributed by atoms with Gasteiger partial charge in [-0.05, 0) is 41.5 Å². The van der Waals surface area contributed by atoms with Gasteiger partial charge < -0.3 is 9.64 Å². The molecule has 5 nitrogen and oxygen atoms in total. The highest BCUT2D eigenvalue weighted by molar-refractivity contribution is 6.30. The van der Waals surface area contributed by atoms with Crippen LogP contribution >= 0.6 is 11.6 Å². The summed E-state index contributed by atoms with van der Waals surface area (Å²) in [6, 6.07) is 8.48. The number of rotatable bonds is 2. The van der Waals surface area contributed by atoms with Crippen molar-refractivity contribution in [2.45, 2.75) is 32.4 Å². The molecule has 2 atom stereocenters. The van der Waals surface area contributed by atoms with Gasteiger partial charge in [-0.2, -0.15) is 5.10 Å². The predicted molar refractivity (Wildman–Crippen MR) is 108 cm³/mol. The lowest BCUT2D eigenvalue weighted by molar-refractivity contribution is -0.135. The molecule has 28 heavy (non-hydrogen) atoms. The number of aromatic nitrogens is 2. The highest BCUT2D eigenvalue weighted by atomic mass is 35.5. The largest absolute Gasteiger partial charge is 0.375 e. The van der Waals surface area contributed by atoms with E-state index in [-0.39, 0.29) is 12.5 Å². The van der Waals surface area contributed by atoms with E-state index in [1.165, 1.54) is 11.1 Å². The molecule has 1 aromatic carbocycles. The lowest BCUT2D eigenvalue weighted by Crippen LogP contribution is -2.29. The number of para-hydroxylation sites is 1. The summed E-state index contributed by atoms with van der Waals surface area (Å²) >= 11 is 6.43. The zero-order valence-corrected chi connectivity index (χ0v) is 16.7. The smallest absolute Gasteiger partial charge is 0.249 e. The summed E-state index contributed by atoms with van der Waals surface area (Å²) in [5.74, 6) is 0.623. The van der Waals surface area contributed by atoms with Gasteiger partial charge in [0.2, 0.25) is 5.91 Å². The zero-order valence-electron chi connectivity index (χ0n) is 16.0. The molecule has 6 heteroatoms. The van der Waals surface area contributed by atoms with Crippen LogP contribution in [0.1, 0.15) is 41.8 Å². The Morgan fingerprint density at radius 2 is 2.11 bits per heavy atom. The molecule has 0 bridgehead atoms. The van der Waals surface area contributed by atoms with Crippen molar-refractivity contribution < 1.29 is 9.53 Å². The molecule has 2 unspecified atom stereocenters. The van der Waals surface area contributed by atoms with Gasteiger partial charge >= 0.3 is 0 Å². The lowest BCUT2D eigenvalue weighted by Gasteiger charge is -2.27. The number of nitrogens with zero attached hydrogens (tertiary/aromatic N) is 3. The zero-order chi connectivity index (χ0) is 19.4. The molecule has 0 radical (unpaired) electrons. The second kappa shape index (κ2) is 6.61. The quantitative estimate of drug-likeness (QED) is 0.772. The van der Waals surface area contributed by atoms with Gasteiger partial charge in [0.15, 0.2) is 0 Å². The number of hydrogen-bond acceptors (Lipinski definition) is 3. The number of ether oxygens (including phenoxy) is 1. The van der Waals surface area contributed by atoms with E-state index in [2.05, 4.69) is 41.9 Å². The van der Waals surface area contributed by atoms with Gasteiger partial charge in [0.1, 0.15) is 6.61 Å². The normalized spacial score (nSPS) is 22.5. The maximum Gasteiger partial charge on any atom is 0.249 e. The van der Waals surface area contributed by atoms with E-state index >= 15 is 0 Å². The van der Waals surface area contributed by atoms with Gasteiger partial charge in [0.05, 0.1) is 30.2 Å². The first kappa shape index (κ1) is 17.7. The molecule has 3 aliphatic rings. The summed E-state index contributed by atoms with van der Waals surface area (Å²) in [6.45, 7) is 3.48. The molecule has 2 aliphatic heterocycles. The topological polar surface area (TPSA) is 47.4 Å². The molecule has 5 rings (SSSR count). The summed E-state index contributed by atoms with van der Waals surface area (Å²) in [5, 5.41) is 5.85. The maximum atomic E-state index is 12.3. The third-order valence-corrected chi connectivity index (χ3v) is 6.45. The van der Waals surface area contributed by atoms with Crippen molar-refractivity contribution in [3.63, 3.8) is 0 Å². The van der Waals surface area contributed by atoms with Crippen LogP contribution in [-0.4, -0.2) is 34.3 Å². The van der Waals surface area contributed by atoms with Gasteiger partial charge in [-0.15, -0.1) is 0 Å². The minimum atomic E-state index is -0.00115. The first-order valence-corrected chi connectivity index (χ1v) is 9.99. The van der Waals surface area contributed by atoms with Crippen molar-refractivity contribution in [1.29, 1.82) is 0 Å². The number of carbonyl (C=O) groups is 1. The number of hydrogen-bond donors (Lipinski definition) is 0. The average Bonchev–Trinajstić information content (AvgIpc) is 3.23. The number of benzene rings is 1. The fourth-order valence-corrected chi connectivity index (χ4v) is 4.98. The summed E-state index contributed by atoms with van der Waals surface area (Å²) in [5.41, 5.74) is 6.94. The van der Waals surface area contributed by atoms with Crippen LogP contribution in [0.3, 0.4) is 0 Å². The van der Waals surface area contributed by atoms with E-state index in [1.807, 2.05) is 11.0 Å². The monoisotopic (exact) mass is 395 g/mol. The van der Waals surface area contributed by atoms with Crippen molar-refractivity contribution in [2.24, 2.45) is 5.92 Å². The van der Waals surface area contributed by atoms with Crippen molar-refractivity contribution in [3.8, 4) is 5.69 Å². The van der Waals surface area contributed by atoms with Crippen molar-refractivity contribution in [1.82, 2.24) is 14.7 Å². The van der Waals surface area contributed by atoms with Crippen LogP contribution in [0.2, 0.25) is 0 Å². The van der Waals surface area contributed by atoms with Gasteiger partial charge in [0, 0.05) is 17.7 Å². The Morgan fingerprint density at radius 1 is 1.29 bits per heavy atom. The summed E-state index contributed by atoms with van der Waals surface area (Å²) in [6.07, 6.45) is 4.98. The Bertz CT molecular complexity index is 1040. The second-order valence-corrected chi connectivity index (χ2v) is 8.25. The van der Waals surface area contributed by atoms with Crippen molar-refractivity contribution in [2.75, 3.05) is 13.7 Å². The van der Waals surface area contributed by atoms with E-state index < -0.39 is 0 Å². The summed E-state index contributed by atoms with van der Waals surface area (Å²) in [4.78, 5) is 14.2. The van der Waals surface area contributed by atoms with Gasteiger partial charge in [-0.1, -0.05) is 42.8 Å². The Labute approximate surface area is 169 Å². The van der Waals surface area contributed by atoms with Gasteiger partial charge in [0.25, 0.3) is 0 Å². The molecular weight excluding hydrogens is 374 g/mol. The fourth-order valence-electron chi connectivity index (χ4n) is 4.75. The molecule has 1 aliphatic carbocycles. The first-order valence-electron chi connectivity index (χ1n) is 9.62. The maximum absolute atomic E-state index is 12.3. The highest BCUT2D eigenvalue weighted by Gasteiger charge is 2.39. The van der Waals surface area contributed by atoms with Crippen LogP contribution in [0.4, 0.5) is 0 Å². The minimum Gasteiger partial charge on any atom is -0.375 e. The van der Waals surface area contributed by atoms with E-state index in [9.17, 15) is 4.79 Å². The molecule has 0 N–H and O–H groups in total. The highest BCUT2D eigenvalue weighted by Crippen LogP contribution is 2.48. The molecule has 144 valence electrons. The number of carbonyl (C=O) groups excluding carboxylic acids is 1. The molecule has 0 saturated heterocycles. The molecule has 1 amide bonds. The number of methoxy groups -OCH3 is 1. The molecule has 0 fully saturated rings. The van der Waals surface area contributed by atoms with Crippen LogP contribution in [-0.2, 0) is 22.6 Å². The molecule has 1 aromatic heterocycles. The van der Waals surface area contributed by atoms with E-state index in [0.717, 1.165) is 34.1 Å². The molecule has 0 spiro atoms. The minimum absolute atomic E-state index is 0.00115. The molecule has 0 saturated carbocycles. The molecular formula is C22H22ClN3O2. The Kier molecular flexibility index (Phi) is 4.18. The molecule has 2 aromatic rings. The Hall–Kier alpha value is -2.37. The van der Waals surface area contributed by atoms with Crippen LogP contribution in [0, 0.1) is 5.92 Å². The third-order valence-electron chi connectivity index (χ3n) is 6.17. The van der Waals surface area contributed by atoms with E-state index in [0.29, 0.717) is 24.9 Å². The fraction of sp³-hybridized carbons (Fsp3) is 0.364. The number of halogens is 1. The van der Waals surface area contributed by atoms with E-state index in [4.69, 9.17) is 21.4 Å². The second-order valence-electron chi connectivity index (χ2n) is 7.76. The lowest BCUT2D eigenvalue weighted by atomic mass is 9.77. The SMILES string of the molecule is COCC(=O)N1Cc2nn3c(c2C1)C1=CC=C(Cl)CC1C(C)c1ccccc1-3. The first-order chi connectivity index (χ1) is 13.6. The molecule has 3 heterocycles. The van der Waals surface area contributed by atoms with E-state index in [1.54, 1.807) is 7.11 Å². The van der Waals surface area contributed by atoms with Crippen LogP contribution in [0.5, 0.6) is 0 Å². The van der Waals surface area contributed by atoms with Crippen LogP contribution < -0.4 is 0 Å². The Morgan fingerprint density at radius 3 is 2.93 bits per heavy atom. The number of amides is 1. The van der Waals surface area contributed by atoms with Crippen molar-refractivity contribution in [3.05, 3.63) is 64.0 Å². The van der Waals surface area contributed by atoms with Gasteiger partial charge in [-0.25, -0.2) is 4.68 Å². The predicted octanol–water partition coefficient (Wildman–Crippen LogP) is 4.00. The average molecular weight is 396 g/mol. The van der Waals surface area contributed by atoms with Gasteiger partial charge in [-0.3, -0.25) is 4.79 Å². The number of allylic oxidation sites excluding steroid dienone is 4.